The first-order valence-corrected chi connectivity index (χ1v) is 11.2. The summed E-state index contributed by atoms with van der Waals surface area (Å²) in [6, 6.07) is 26.4. The van der Waals surface area contributed by atoms with Gasteiger partial charge in [0.25, 0.3) is 5.91 Å². The van der Waals surface area contributed by atoms with Crippen molar-refractivity contribution in [1.82, 2.24) is 15.0 Å². The SMILES string of the molecule is CCc1ccc(C=NNC(=O)CSc2nc3ccccc3n2Cc2ccccc2)cc1. The van der Waals surface area contributed by atoms with Gasteiger partial charge < -0.3 is 4.57 Å². The quantitative estimate of drug-likeness (QED) is 0.247. The van der Waals surface area contributed by atoms with Crippen LogP contribution in [0.4, 0.5) is 0 Å². The number of carbonyl (C=O) groups is 1. The predicted octanol–water partition coefficient (Wildman–Crippen LogP) is 4.89. The Hall–Kier alpha value is -3.38. The van der Waals surface area contributed by atoms with Crippen molar-refractivity contribution in [2.75, 3.05) is 5.75 Å². The summed E-state index contributed by atoms with van der Waals surface area (Å²) >= 11 is 1.42. The average Bonchev–Trinajstić information content (AvgIpc) is 3.16. The Balaban J connectivity index is 1.41. The maximum atomic E-state index is 12.3. The zero-order valence-corrected chi connectivity index (χ0v) is 18.2. The summed E-state index contributed by atoms with van der Waals surface area (Å²) in [5, 5.41) is 4.90. The first kappa shape index (κ1) is 20.9. The number of aryl methyl sites for hydroxylation is 1. The average molecular weight is 429 g/mol. The third-order valence-corrected chi connectivity index (χ3v) is 5.90. The number of thioether (sulfide) groups is 1. The normalized spacial score (nSPS) is 11.3. The van der Waals surface area contributed by atoms with Crippen LogP contribution >= 0.6 is 11.8 Å². The molecule has 0 fully saturated rings. The Kier molecular flexibility index (Phi) is 6.79. The van der Waals surface area contributed by atoms with Crippen molar-refractivity contribution in [3.05, 3.63) is 95.6 Å². The number of nitrogens with zero attached hydrogens (tertiary/aromatic N) is 3. The van der Waals surface area contributed by atoms with Gasteiger partial charge in [0.15, 0.2) is 5.16 Å². The van der Waals surface area contributed by atoms with E-state index >= 15 is 0 Å². The Morgan fingerprint density at radius 3 is 2.52 bits per heavy atom. The van der Waals surface area contributed by atoms with Crippen molar-refractivity contribution >= 4 is 34.9 Å². The van der Waals surface area contributed by atoms with E-state index in [0.29, 0.717) is 6.54 Å². The molecule has 1 amide bonds. The van der Waals surface area contributed by atoms with E-state index < -0.39 is 0 Å². The van der Waals surface area contributed by atoms with Gasteiger partial charge in [-0.05, 0) is 35.2 Å². The van der Waals surface area contributed by atoms with Crippen molar-refractivity contribution in [3.8, 4) is 0 Å². The van der Waals surface area contributed by atoms with Gasteiger partial charge in [-0.1, -0.05) is 85.4 Å². The van der Waals surface area contributed by atoms with Crippen LogP contribution in [0.25, 0.3) is 11.0 Å². The lowest BCUT2D eigenvalue weighted by Crippen LogP contribution is -2.20. The molecule has 31 heavy (non-hydrogen) atoms. The molecule has 0 saturated heterocycles. The van der Waals surface area contributed by atoms with Crippen LogP contribution in [0.3, 0.4) is 0 Å². The molecule has 0 unspecified atom stereocenters. The van der Waals surface area contributed by atoms with Crippen LogP contribution in [0.5, 0.6) is 0 Å². The van der Waals surface area contributed by atoms with Gasteiger partial charge in [0, 0.05) is 0 Å². The number of hydrazone groups is 1. The van der Waals surface area contributed by atoms with Gasteiger partial charge in [-0.3, -0.25) is 4.79 Å². The van der Waals surface area contributed by atoms with Crippen LogP contribution in [0.2, 0.25) is 0 Å². The van der Waals surface area contributed by atoms with Crippen molar-refractivity contribution in [1.29, 1.82) is 0 Å². The van der Waals surface area contributed by atoms with Gasteiger partial charge in [0.1, 0.15) is 0 Å². The Morgan fingerprint density at radius 1 is 1.00 bits per heavy atom. The lowest BCUT2D eigenvalue weighted by atomic mass is 10.1. The lowest BCUT2D eigenvalue weighted by Gasteiger charge is -2.09. The minimum Gasteiger partial charge on any atom is -0.314 e. The summed E-state index contributed by atoms with van der Waals surface area (Å²) in [7, 11) is 0. The standard InChI is InChI=1S/C25H24N4OS/c1-2-19-12-14-20(15-13-19)16-26-28-24(30)18-31-25-27-22-10-6-7-11-23(22)29(25)17-21-8-4-3-5-9-21/h3-16H,2,17-18H2,1H3,(H,28,30). The van der Waals surface area contributed by atoms with Crippen LogP contribution < -0.4 is 5.43 Å². The molecule has 3 aromatic carbocycles. The fourth-order valence-corrected chi connectivity index (χ4v) is 4.07. The molecule has 0 aliphatic carbocycles. The van der Waals surface area contributed by atoms with Gasteiger partial charge in [0.2, 0.25) is 0 Å². The Bertz CT molecular complexity index is 1180. The minimum atomic E-state index is -0.162. The number of rotatable bonds is 8. The summed E-state index contributed by atoms with van der Waals surface area (Å²) in [5.41, 5.74) is 8.01. The Labute approximate surface area is 186 Å². The van der Waals surface area contributed by atoms with E-state index in [4.69, 9.17) is 4.98 Å². The van der Waals surface area contributed by atoms with Gasteiger partial charge in [-0.2, -0.15) is 5.10 Å². The highest BCUT2D eigenvalue weighted by Gasteiger charge is 2.13. The predicted molar refractivity (Wildman–Crippen MR) is 128 cm³/mol. The molecule has 0 aliphatic heterocycles. The molecule has 156 valence electrons. The van der Waals surface area contributed by atoms with Gasteiger partial charge >= 0.3 is 0 Å². The first-order valence-electron chi connectivity index (χ1n) is 10.3. The summed E-state index contributed by atoms with van der Waals surface area (Å²) in [4.78, 5) is 17.0. The second-order valence-corrected chi connectivity index (χ2v) is 8.07. The van der Waals surface area contributed by atoms with Gasteiger partial charge in [-0.15, -0.1) is 0 Å². The molecule has 4 rings (SSSR count). The number of benzene rings is 3. The maximum absolute atomic E-state index is 12.3. The number of hydrogen-bond donors (Lipinski definition) is 1. The molecule has 1 aromatic heterocycles. The van der Waals surface area contributed by atoms with E-state index in [-0.39, 0.29) is 11.7 Å². The summed E-state index contributed by atoms with van der Waals surface area (Å²) in [5.74, 6) is 0.0780. The molecule has 0 saturated carbocycles. The molecule has 0 atom stereocenters. The van der Waals surface area contributed by atoms with Crippen LogP contribution in [0, 0.1) is 0 Å². The number of hydrogen-bond acceptors (Lipinski definition) is 4. The third-order valence-electron chi connectivity index (χ3n) is 4.93. The molecule has 0 aliphatic rings. The zero-order chi connectivity index (χ0) is 21.5. The number of aromatic nitrogens is 2. The van der Waals surface area contributed by atoms with E-state index in [9.17, 15) is 4.79 Å². The van der Waals surface area contributed by atoms with Crippen LogP contribution in [-0.2, 0) is 17.8 Å². The number of amides is 1. The van der Waals surface area contributed by atoms with E-state index in [1.54, 1.807) is 6.21 Å². The zero-order valence-electron chi connectivity index (χ0n) is 17.4. The molecule has 4 aromatic rings. The largest absolute Gasteiger partial charge is 0.314 e. The number of nitrogens with one attached hydrogen (secondary N) is 1. The highest BCUT2D eigenvalue weighted by atomic mass is 32.2. The van der Waals surface area contributed by atoms with Gasteiger partial charge in [0.05, 0.1) is 29.5 Å². The molecule has 0 radical (unpaired) electrons. The van der Waals surface area contributed by atoms with Crippen LogP contribution in [0.1, 0.15) is 23.6 Å². The fourth-order valence-electron chi connectivity index (χ4n) is 3.26. The second kappa shape index (κ2) is 10.1. The van der Waals surface area contributed by atoms with Crippen molar-refractivity contribution in [2.24, 2.45) is 5.10 Å². The van der Waals surface area contributed by atoms with E-state index in [1.165, 1.54) is 22.9 Å². The molecule has 5 nitrogen and oxygen atoms in total. The number of fused-ring (bicyclic) bond motifs is 1. The molecule has 1 N–H and O–H groups in total. The Morgan fingerprint density at radius 2 is 1.74 bits per heavy atom. The highest BCUT2D eigenvalue weighted by molar-refractivity contribution is 7.99. The molecule has 6 heteroatoms. The summed E-state index contributed by atoms with van der Waals surface area (Å²) < 4.78 is 2.15. The van der Waals surface area contributed by atoms with Crippen molar-refractivity contribution in [3.63, 3.8) is 0 Å². The minimum absolute atomic E-state index is 0.162. The van der Waals surface area contributed by atoms with E-state index in [2.05, 4.69) is 52.3 Å². The monoisotopic (exact) mass is 428 g/mol. The van der Waals surface area contributed by atoms with E-state index in [1.807, 2.05) is 48.5 Å². The first-order chi connectivity index (χ1) is 15.2. The molecule has 1 heterocycles. The molecule has 0 spiro atoms. The summed E-state index contributed by atoms with van der Waals surface area (Å²) in [6.07, 6.45) is 2.66. The number of para-hydroxylation sites is 2. The topological polar surface area (TPSA) is 59.3 Å². The third kappa shape index (κ3) is 5.41. The van der Waals surface area contributed by atoms with E-state index in [0.717, 1.165) is 28.2 Å². The highest BCUT2D eigenvalue weighted by Crippen LogP contribution is 2.25. The fraction of sp³-hybridized carbons (Fsp3) is 0.160. The maximum Gasteiger partial charge on any atom is 0.250 e. The molecular weight excluding hydrogens is 404 g/mol. The molecule has 0 bridgehead atoms. The smallest absolute Gasteiger partial charge is 0.250 e. The summed E-state index contributed by atoms with van der Waals surface area (Å²) in [6.45, 7) is 2.83. The van der Waals surface area contributed by atoms with Crippen LogP contribution in [0.15, 0.2) is 89.1 Å². The van der Waals surface area contributed by atoms with Crippen molar-refractivity contribution < 1.29 is 4.79 Å². The second-order valence-electron chi connectivity index (χ2n) is 7.13. The number of imidazole rings is 1. The van der Waals surface area contributed by atoms with Gasteiger partial charge in [-0.25, -0.2) is 10.4 Å². The lowest BCUT2D eigenvalue weighted by molar-refractivity contribution is -0.118. The molecular formula is C25H24N4OS. The number of carbonyl (C=O) groups excluding carboxylic acids is 1. The van der Waals surface area contributed by atoms with Crippen LogP contribution in [-0.4, -0.2) is 27.4 Å². The van der Waals surface area contributed by atoms with Crippen molar-refractivity contribution in [2.45, 2.75) is 25.0 Å².